The molecular weight excluding hydrogens is 226 g/mol. The number of β-amino-alcohol motifs (C(OH)–C–C–N with tert-alkyl or cyclic N) is 1. The van der Waals surface area contributed by atoms with E-state index in [1.807, 2.05) is 4.90 Å². The van der Waals surface area contributed by atoms with Crippen LogP contribution in [-0.4, -0.2) is 39.3 Å². The van der Waals surface area contributed by atoms with Gasteiger partial charge in [0.05, 0.1) is 11.0 Å². The lowest BCUT2D eigenvalue weighted by Crippen LogP contribution is -2.15. The molecule has 1 aromatic heterocycles. The Morgan fingerprint density at radius 1 is 1.71 bits per heavy atom. The van der Waals surface area contributed by atoms with Crippen molar-refractivity contribution in [2.75, 3.05) is 13.1 Å². The van der Waals surface area contributed by atoms with Crippen LogP contribution in [0.3, 0.4) is 0 Å². The van der Waals surface area contributed by atoms with Crippen molar-refractivity contribution in [2.45, 2.75) is 19.4 Å². The summed E-state index contributed by atoms with van der Waals surface area (Å²) in [5.41, 5.74) is 0.150. The molecule has 1 fully saturated rings. The number of hydrogen-bond acceptors (Lipinski definition) is 6. The van der Waals surface area contributed by atoms with E-state index in [-0.39, 0.29) is 23.2 Å². The Morgan fingerprint density at radius 3 is 3.06 bits per heavy atom. The number of aliphatic hydroxyl groups is 1. The highest BCUT2D eigenvalue weighted by molar-refractivity contribution is 5.56. The van der Waals surface area contributed by atoms with E-state index < -0.39 is 4.92 Å². The van der Waals surface area contributed by atoms with E-state index in [0.717, 1.165) is 6.54 Å². The highest BCUT2D eigenvalue weighted by Crippen LogP contribution is 2.24. The lowest BCUT2D eigenvalue weighted by atomic mass is 10.3. The normalized spacial score (nSPS) is 20.4. The third kappa shape index (κ3) is 2.44. The van der Waals surface area contributed by atoms with Crippen molar-refractivity contribution in [2.24, 2.45) is 0 Å². The van der Waals surface area contributed by atoms with E-state index in [9.17, 15) is 15.2 Å². The smallest absolute Gasteiger partial charge is 0.338 e. The molecule has 0 bridgehead atoms. The minimum atomic E-state index is -0.510. The van der Waals surface area contributed by atoms with Gasteiger partial charge in [0, 0.05) is 25.4 Å². The number of nitro groups is 1. The molecule has 0 spiro atoms. The summed E-state index contributed by atoms with van der Waals surface area (Å²) in [5, 5.41) is 23.7. The van der Waals surface area contributed by atoms with Crippen LogP contribution in [-0.2, 0) is 0 Å². The van der Waals surface area contributed by atoms with Gasteiger partial charge < -0.3 is 14.5 Å². The van der Waals surface area contributed by atoms with Gasteiger partial charge in [0.15, 0.2) is 5.69 Å². The van der Waals surface area contributed by atoms with Crippen LogP contribution in [0.25, 0.3) is 6.08 Å². The minimum Gasteiger partial charge on any atom is -0.391 e. The lowest BCUT2D eigenvalue weighted by molar-refractivity contribution is -0.386. The number of aromatic nitrogens is 1. The molecule has 7 heteroatoms. The van der Waals surface area contributed by atoms with E-state index in [0.29, 0.717) is 13.0 Å². The van der Waals surface area contributed by atoms with Gasteiger partial charge in [0.2, 0.25) is 5.76 Å². The molecule has 0 amide bonds. The summed E-state index contributed by atoms with van der Waals surface area (Å²) in [6, 6.07) is 0. The molecule has 7 nitrogen and oxygen atoms in total. The van der Waals surface area contributed by atoms with Crippen LogP contribution >= 0.6 is 0 Å². The number of aryl methyl sites for hydroxylation is 1. The van der Waals surface area contributed by atoms with Crippen molar-refractivity contribution in [1.29, 1.82) is 0 Å². The van der Waals surface area contributed by atoms with Crippen molar-refractivity contribution < 1.29 is 14.6 Å². The van der Waals surface area contributed by atoms with Crippen molar-refractivity contribution in [3.05, 3.63) is 27.8 Å². The van der Waals surface area contributed by atoms with Crippen LogP contribution in [0, 0.1) is 17.0 Å². The Balaban J connectivity index is 2.13. The van der Waals surface area contributed by atoms with Gasteiger partial charge in [-0.1, -0.05) is 5.16 Å². The largest absolute Gasteiger partial charge is 0.391 e. The standard InChI is InChI=1S/C10H13N3O4/c1-7-10(13(15)16)9(17-11-7)3-5-12-4-2-8(14)6-12/h3,5,8,14H,2,4,6H2,1H3/b5-3+/t8-/m0/s1. The number of rotatable bonds is 3. The molecule has 1 N–H and O–H groups in total. The van der Waals surface area contributed by atoms with Crippen LogP contribution in [0.5, 0.6) is 0 Å². The predicted molar refractivity (Wildman–Crippen MR) is 59.1 cm³/mol. The summed E-state index contributed by atoms with van der Waals surface area (Å²) in [6.07, 6.45) is 3.58. The quantitative estimate of drug-likeness (QED) is 0.623. The maximum absolute atomic E-state index is 10.8. The lowest BCUT2D eigenvalue weighted by Gasteiger charge is -2.09. The van der Waals surface area contributed by atoms with Crippen LogP contribution in [0.15, 0.2) is 10.7 Å². The molecule has 0 saturated carbocycles. The van der Waals surface area contributed by atoms with E-state index in [4.69, 9.17) is 4.52 Å². The summed E-state index contributed by atoms with van der Waals surface area (Å²) in [5.74, 6) is 0.133. The maximum atomic E-state index is 10.8. The monoisotopic (exact) mass is 239 g/mol. The van der Waals surface area contributed by atoms with Crippen molar-refractivity contribution in [3.8, 4) is 0 Å². The van der Waals surface area contributed by atoms with E-state index in [1.54, 1.807) is 6.20 Å². The summed E-state index contributed by atoms with van der Waals surface area (Å²) in [4.78, 5) is 12.1. The SMILES string of the molecule is Cc1noc(/C=C/N2CC[C@H](O)C2)c1[N+](=O)[O-]. The summed E-state index contributed by atoms with van der Waals surface area (Å²) >= 11 is 0. The summed E-state index contributed by atoms with van der Waals surface area (Å²) in [7, 11) is 0. The predicted octanol–water partition coefficient (Wildman–Crippen LogP) is 0.929. The van der Waals surface area contributed by atoms with Gasteiger partial charge in [0.1, 0.15) is 0 Å². The first-order valence-electron chi connectivity index (χ1n) is 5.29. The molecule has 1 aromatic rings. The molecule has 17 heavy (non-hydrogen) atoms. The van der Waals surface area contributed by atoms with Gasteiger partial charge in [-0.25, -0.2) is 0 Å². The first-order valence-corrected chi connectivity index (χ1v) is 5.29. The second-order valence-corrected chi connectivity index (χ2v) is 3.99. The fraction of sp³-hybridized carbons (Fsp3) is 0.500. The topological polar surface area (TPSA) is 92.6 Å². The molecule has 1 saturated heterocycles. The average molecular weight is 239 g/mol. The zero-order chi connectivity index (χ0) is 12.4. The van der Waals surface area contributed by atoms with Crippen LogP contribution in [0.2, 0.25) is 0 Å². The fourth-order valence-electron chi connectivity index (χ4n) is 1.79. The van der Waals surface area contributed by atoms with Gasteiger partial charge in [0.25, 0.3) is 0 Å². The second-order valence-electron chi connectivity index (χ2n) is 3.99. The fourth-order valence-corrected chi connectivity index (χ4v) is 1.79. The molecular formula is C10H13N3O4. The molecule has 0 aromatic carbocycles. The van der Waals surface area contributed by atoms with Gasteiger partial charge in [-0.3, -0.25) is 10.1 Å². The molecule has 1 aliphatic heterocycles. The van der Waals surface area contributed by atoms with Gasteiger partial charge in [-0.15, -0.1) is 0 Å². The van der Waals surface area contributed by atoms with Gasteiger partial charge in [-0.2, -0.15) is 0 Å². The zero-order valence-electron chi connectivity index (χ0n) is 9.37. The van der Waals surface area contributed by atoms with E-state index in [1.165, 1.54) is 13.0 Å². The first kappa shape index (κ1) is 11.6. The first-order chi connectivity index (χ1) is 8.08. The maximum Gasteiger partial charge on any atom is 0.338 e. The highest BCUT2D eigenvalue weighted by Gasteiger charge is 2.23. The van der Waals surface area contributed by atoms with Crippen molar-refractivity contribution in [1.82, 2.24) is 10.1 Å². The molecule has 92 valence electrons. The zero-order valence-corrected chi connectivity index (χ0v) is 9.37. The van der Waals surface area contributed by atoms with Crippen LogP contribution in [0.4, 0.5) is 5.69 Å². The van der Waals surface area contributed by atoms with Crippen LogP contribution in [0.1, 0.15) is 17.9 Å². The molecule has 0 aliphatic carbocycles. The molecule has 2 rings (SSSR count). The molecule has 0 radical (unpaired) electrons. The molecule has 2 heterocycles. The number of nitrogens with zero attached hydrogens (tertiary/aromatic N) is 3. The average Bonchev–Trinajstić information content (AvgIpc) is 2.82. The number of likely N-dealkylation sites (tertiary alicyclic amines) is 1. The molecule has 0 unspecified atom stereocenters. The Morgan fingerprint density at radius 2 is 2.47 bits per heavy atom. The summed E-state index contributed by atoms with van der Waals surface area (Å²) in [6.45, 7) is 2.80. The van der Waals surface area contributed by atoms with Gasteiger partial charge >= 0.3 is 5.69 Å². The van der Waals surface area contributed by atoms with E-state index in [2.05, 4.69) is 5.16 Å². The highest BCUT2D eigenvalue weighted by atomic mass is 16.6. The Kier molecular flexibility index (Phi) is 3.10. The Labute approximate surface area is 97.5 Å². The van der Waals surface area contributed by atoms with Gasteiger partial charge in [-0.05, 0) is 13.3 Å². The number of hydrogen-bond donors (Lipinski definition) is 1. The Bertz CT molecular complexity index is 454. The Hall–Kier alpha value is -1.89. The minimum absolute atomic E-state index is 0.110. The van der Waals surface area contributed by atoms with Crippen molar-refractivity contribution >= 4 is 11.8 Å². The third-order valence-corrected chi connectivity index (χ3v) is 2.67. The third-order valence-electron chi connectivity index (χ3n) is 2.67. The molecule has 1 aliphatic rings. The molecule has 1 atom stereocenters. The summed E-state index contributed by atoms with van der Waals surface area (Å²) < 4.78 is 4.88. The second kappa shape index (κ2) is 4.54. The van der Waals surface area contributed by atoms with E-state index >= 15 is 0 Å². The van der Waals surface area contributed by atoms with Crippen LogP contribution < -0.4 is 0 Å². The van der Waals surface area contributed by atoms with Crippen molar-refractivity contribution in [3.63, 3.8) is 0 Å². The number of aliphatic hydroxyl groups excluding tert-OH is 1.